The summed E-state index contributed by atoms with van der Waals surface area (Å²) < 4.78 is 0. The second-order valence-corrected chi connectivity index (χ2v) is 8.30. The van der Waals surface area contributed by atoms with Crippen LogP contribution in [0.3, 0.4) is 0 Å². The topological polar surface area (TPSA) is 86.8 Å². The van der Waals surface area contributed by atoms with Gasteiger partial charge in [0.15, 0.2) is 0 Å². The first-order valence-electron chi connectivity index (χ1n) is 11.6. The van der Waals surface area contributed by atoms with Crippen molar-refractivity contribution < 1.29 is 0 Å². The number of hydrogen-bond acceptors (Lipinski definition) is 6. The molecule has 0 aliphatic rings. The molecule has 0 bridgehead atoms. The number of aryl methyl sites for hydroxylation is 1. The molecule has 4 aromatic rings. The molecule has 0 saturated heterocycles. The Kier molecular flexibility index (Phi) is 8.00. The van der Waals surface area contributed by atoms with E-state index in [1.54, 1.807) is 12.4 Å². The summed E-state index contributed by atoms with van der Waals surface area (Å²) in [7, 11) is 0. The van der Waals surface area contributed by atoms with E-state index in [1.165, 1.54) is 5.56 Å². The van der Waals surface area contributed by atoms with Crippen LogP contribution in [0.4, 0.5) is 11.8 Å². The van der Waals surface area contributed by atoms with Crippen LogP contribution >= 0.6 is 0 Å². The molecule has 174 valence electrons. The summed E-state index contributed by atoms with van der Waals surface area (Å²) in [5, 5.41) is 3.23. The highest BCUT2D eigenvalue weighted by Gasteiger charge is 2.09. The van der Waals surface area contributed by atoms with Crippen LogP contribution in [0.25, 0.3) is 0 Å². The summed E-state index contributed by atoms with van der Waals surface area (Å²) in [4.78, 5) is 30.8. The Bertz CT molecular complexity index is 1210. The number of H-pyrrole nitrogens is 1. The Morgan fingerprint density at radius 3 is 2.47 bits per heavy atom. The molecule has 0 atom stereocenters. The predicted octanol–water partition coefficient (Wildman–Crippen LogP) is 4.36. The second-order valence-electron chi connectivity index (χ2n) is 8.30. The van der Waals surface area contributed by atoms with Crippen LogP contribution in [0.2, 0.25) is 0 Å². The van der Waals surface area contributed by atoms with Crippen molar-refractivity contribution in [2.24, 2.45) is 0 Å². The van der Waals surface area contributed by atoms with E-state index in [1.807, 2.05) is 49.5 Å². The lowest BCUT2D eigenvalue weighted by Crippen LogP contribution is -2.25. The normalized spacial score (nSPS) is 10.7. The standard InChI is InChI=1S/C27H30N6O/c1-21-12-13-23(18-30-21)17-24-19-31-27(32-26(24)34)29-15-7-8-16-33(25-11-5-6-14-28-25)20-22-9-3-2-4-10-22/h2-6,9-14,18-19H,7-8,15-17,20H2,1H3,(H2,29,31,32,34). The highest BCUT2D eigenvalue weighted by molar-refractivity contribution is 5.39. The van der Waals surface area contributed by atoms with Crippen LogP contribution in [0.15, 0.2) is 84.0 Å². The van der Waals surface area contributed by atoms with Crippen molar-refractivity contribution >= 4 is 11.8 Å². The molecule has 0 spiro atoms. The van der Waals surface area contributed by atoms with Gasteiger partial charge in [-0.15, -0.1) is 0 Å². The Morgan fingerprint density at radius 1 is 0.882 bits per heavy atom. The molecule has 0 unspecified atom stereocenters. The zero-order chi connectivity index (χ0) is 23.6. The summed E-state index contributed by atoms with van der Waals surface area (Å²) in [5.41, 5.74) is 3.71. The third-order valence-corrected chi connectivity index (χ3v) is 5.58. The third-order valence-electron chi connectivity index (χ3n) is 5.58. The van der Waals surface area contributed by atoms with Gasteiger partial charge in [0.1, 0.15) is 5.82 Å². The van der Waals surface area contributed by atoms with Gasteiger partial charge in [-0.25, -0.2) is 9.97 Å². The highest BCUT2D eigenvalue weighted by atomic mass is 16.1. The minimum absolute atomic E-state index is 0.123. The molecule has 34 heavy (non-hydrogen) atoms. The lowest BCUT2D eigenvalue weighted by atomic mass is 10.1. The Labute approximate surface area is 200 Å². The molecule has 3 aromatic heterocycles. The quantitative estimate of drug-likeness (QED) is 0.328. The average Bonchev–Trinajstić information content (AvgIpc) is 2.87. The molecule has 0 aliphatic carbocycles. The molecular weight excluding hydrogens is 424 g/mol. The van der Waals surface area contributed by atoms with Crippen molar-refractivity contribution in [2.75, 3.05) is 23.3 Å². The summed E-state index contributed by atoms with van der Waals surface area (Å²) in [6, 6.07) is 20.4. The van der Waals surface area contributed by atoms with Gasteiger partial charge in [0.2, 0.25) is 5.95 Å². The van der Waals surface area contributed by atoms with Crippen LogP contribution < -0.4 is 15.8 Å². The van der Waals surface area contributed by atoms with Crippen molar-refractivity contribution in [1.29, 1.82) is 0 Å². The molecule has 7 heteroatoms. The number of anilines is 2. The summed E-state index contributed by atoms with van der Waals surface area (Å²) in [6.07, 6.45) is 7.71. The molecule has 1 aromatic carbocycles. The molecular formula is C27H30N6O. The first kappa shape index (κ1) is 23.2. The van der Waals surface area contributed by atoms with E-state index < -0.39 is 0 Å². The minimum atomic E-state index is -0.123. The Balaban J connectivity index is 1.27. The molecule has 2 N–H and O–H groups in total. The molecule has 0 saturated carbocycles. The number of aromatic nitrogens is 4. The summed E-state index contributed by atoms with van der Waals surface area (Å²) in [5.74, 6) is 1.48. The van der Waals surface area contributed by atoms with Crippen molar-refractivity contribution in [3.63, 3.8) is 0 Å². The highest BCUT2D eigenvalue weighted by Crippen LogP contribution is 2.15. The fourth-order valence-corrected chi connectivity index (χ4v) is 3.71. The number of benzene rings is 1. The molecule has 3 heterocycles. The molecule has 0 amide bonds. The lowest BCUT2D eigenvalue weighted by Gasteiger charge is -2.24. The minimum Gasteiger partial charge on any atom is -0.356 e. The van der Waals surface area contributed by atoms with E-state index in [2.05, 4.69) is 54.4 Å². The molecule has 7 nitrogen and oxygen atoms in total. The maximum Gasteiger partial charge on any atom is 0.255 e. The maximum atomic E-state index is 12.5. The van der Waals surface area contributed by atoms with Crippen molar-refractivity contribution in [3.8, 4) is 0 Å². The monoisotopic (exact) mass is 454 g/mol. The van der Waals surface area contributed by atoms with Crippen LogP contribution in [0.5, 0.6) is 0 Å². The van der Waals surface area contributed by atoms with E-state index in [0.29, 0.717) is 17.9 Å². The van der Waals surface area contributed by atoms with E-state index in [9.17, 15) is 4.79 Å². The molecule has 0 radical (unpaired) electrons. The van der Waals surface area contributed by atoms with Gasteiger partial charge in [-0.05, 0) is 49.1 Å². The van der Waals surface area contributed by atoms with Gasteiger partial charge in [0.25, 0.3) is 5.56 Å². The maximum absolute atomic E-state index is 12.5. The molecule has 0 fully saturated rings. The number of hydrogen-bond donors (Lipinski definition) is 2. The van der Waals surface area contributed by atoms with Crippen LogP contribution in [-0.4, -0.2) is 33.0 Å². The van der Waals surface area contributed by atoms with E-state index in [-0.39, 0.29) is 5.56 Å². The van der Waals surface area contributed by atoms with Gasteiger partial charge in [0.05, 0.1) is 0 Å². The largest absolute Gasteiger partial charge is 0.356 e. The van der Waals surface area contributed by atoms with Crippen molar-refractivity contribution in [2.45, 2.75) is 32.7 Å². The number of pyridine rings is 2. The predicted molar refractivity (Wildman–Crippen MR) is 136 cm³/mol. The lowest BCUT2D eigenvalue weighted by molar-refractivity contribution is 0.692. The SMILES string of the molecule is Cc1ccc(Cc2cnc(NCCCCN(Cc3ccccc3)c3ccccn3)[nH]c2=O)cn1. The Hall–Kier alpha value is -4.00. The summed E-state index contributed by atoms with van der Waals surface area (Å²) in [6.45, 7) is 4.38. The van der Waals surface area contributed by atoms with Crippen LogP contribution in [0.1, 0.15) is 35.2 Å². The number of aromatic amines is 1. The first-order chi connectivity index (χ1) is 16.7. The van der Waals surface area contributed by atoms with E-state index in [0.717, 1.165) is 49.6 Å². The van der Waals surface area contributed by atoms with E-state index in [4.69, 9.17) is 0 Å². The van der Waals surface area contributed by atoms with Crippen molar-refractivity contribution in [1.82, 2.24) is 19.9 Å². The van der Waals surface area contributed by atoms with Crippen LogP contribution in [-0.2, 0) is 13.0 Å². The summed E-state index contributed by atoms with van der Waals surface area (Å²) >= 11 is 0. The smallest absolute Gasteiger partial charge is 0.255 e. The number of nitrogens with one attached hydrogen (secondary N) is 2. The van der Waals surface area contributed by atoms with Crippen LogP contribution in [0, 0.1) is 6.92 Å². The van der Waals surface area contributed by atoms with Gasteiger partial charge in [-0.3, -0.25) is 14.8 Å². The number of nitrogens with zero attached hydrogens (tertiary/aromatic N) is 4. The zero-order valence-electron chi connectivity index (χ0n) is 19.4. The Morgan fingerprint density at radius 2 is 1.74 bits per heavy atom. The number of unbranched alkanes of at least 4 members (excludes halogenated alkanes) is 1. The molecule has 0 aliphatic heterocycles. The van der Waals surface area contributed by atoms with Gasteiger partial charge >= 0.3 is 0 Å². The first-order valence-corrected chi connectivity index (χ1v) is 11.6. The van der Waals surface area contributed by atoms with Gasteiger partial charge < -0.3 is 10.2 Å². The molecule has 4 rings (SSSR count). The fourth-order valence-electron chi connectivity index (χ4n) is 3.71. The average molecular weight is 455 g/mol. The fraction of sp³-hybridized carbons (Fsp3) is 0.259. The van der Waals surface area contributed by atoms with Gasteiger partial charge in [-0.1, -0.05) is 42.5 Å². The van der Waals surface area contributed by atoms with Gasteiger partial charge in [0, 0.05) is 55.9 Å². The third kappa shape index (κ3) is 6.75. The second kappa shape index (κ2) is 11.7. The van der Waals surface area contributed by atoms with Crippen molar-refractivity contribution in [3.05, 3.63) is 112 Å². The van der Waals surface area contributed by atoms with E-state index >= 15 is 0 Å². The van der Waals surface area contributed by atoms with Gasteiger partial charge in [-0.2, -0.15) is 0 Å². The zero-order valence-corrected chi connectivity index (χ0v) is 19.4. The number of rotatable bonds is 11.